The molecule has 8 heteroatoms. The van der Waals surface area contributed by atoms with Gasteiger partial charge >= 0.3 is 0 Å². The molecule has 0 aliphatic rings. The summed E-state index contributed by atoms with van der Waals surface area (Å²) in [5.74, 6) is -0.542. The van der Waals surface area contributed by atoms with Crippen LogP contribution in [0.1, 0.15) is 43.2 Å². The molecular weight excluding hydrogens is 382 g/mol. The van der Waals surface area contributed by atoms with E-state index in [9.17, 15) is 9.59 Å². The number of hydrogen-bond acceptors (Lipinski definition) is 6. The van der Waals surface area contributed by atoms with Gasteiger partial charge in [-0.2, -0.15) is 0 Å². The number of aryl methyl sites for hydroxylation is 4. The Kier molecular flexibility index (Phi) is 6.06. The number of anilines is 2. The Labute approximate surface area is 174 Å². The second-order valence-electron chi connectivity index (χ2n) is 6.98. The molecule has 154 valence electrons. The van der Waals surface area contributed by atoms with Crippen LogP contribution in [-0.2, 0) is 0 Å². The first-order chi connectivity index (χ1) is 14.3. The smallest absolute Gasteiger partial charge is 0.274 e. The molecule has 30 heavy (non-hydrogen) atoms. The van der Waals surface area contributed by atoms with Gasteiger partial charge in [0.25, 0.3) is 11.8 Å². The summed E-state index contributed by atoms with van der Waals surface area (Å²) in [6, 6.07) is 2.97. The maximum Gasteiger partial charge on any atom is 0.274 e. The third kappa shape index (κ3) is 4.43. The van der Waals surface area contributed by atoms with Gasteiger partial charge in [-0.25, -0.2) is 4.98 Å². The predicted molar refractivity (Wildman–Crippen MR) is 114 cm³/mol. The molecule has 3 aromatic heterocycles. The number of hydrogen-bond donors (Lipinski definition) is 2. The topological polar surface area (TPSA) is 106 Å². The molecular formula is C22H23N5O3. The zero-order chi connectivity index (χ0) is 21.8. The van der Waals surface area contributed by atoms with E-state index in [0.717, 1.165) is 22.3 Å². The average molecular weight is 405 g/mol. The number of nitrogens with zero attached hydrogens (tertiary/aromatic N) is 3. The van der Waals surface area contributed by atoms with E-state index in [4.69, 9.17) is 4.74 Å². The summed E-state index contributed by atoms with van der Waals surface area (Å²) >= 11 is 0. The lowest BCUT2D eigenvalue weighted by Gasteiger charge is -2.13. The van der Waals surface area contributed by atoms with E-state index in [1.807, 2.05) is 27.7 Å². The summed E-state index contributed by atoms with van der Waals surface area (Å²) in [6.45, 7) is 7.42. The van der Waals surface area contributed by atoms with Crippen LogP contribution in [-0.4, -0.2) is 33.9 Å². The van der Waals surface area contributed by atoms with Crippen molar-refractivity contribution in [3.8, 4) is 5.75 Å². The van der Waals surface area contributed by atoms with Crippen LogP contribution in [0.5, 0.6) is 5.75 Å². The number of methoxy groups -OCH3 is 1. The highest BCUT2D eigenvalue weighted by molar-refractivity contribution is 6.07. The van der Waals surface area contributed by atoms with E-state index >= 15 is 0 Å². The summed E-state index contributed by atoms with van der Waals surface area (Å²) in [5, 5.41) is 5.69. The van der Waals surface area contributed by atoms with E-state index in [1.165, 1.54) is 19.2 Å². The van der Waals surface area contributed by atoms with Gasteiger partial charge in [-0.3, -0.25) is 19.6 Å². The van der Waals surface area contributed by atoms with Crippen LogP contribution in [0.15, 0.2) is 36.9 Å². The van der Waals surface area contributed by atoms with Crippen molar-refractivity contribution < 1.29 is 14.3 Å². The Morgan fingerprint density at radius 1 is 0.733 bits per heavy atom. The molecule has 0 aliphatic heterocycles. The van der Waals surface area contributed by atoms with Gasteiger partial charge in [-0.15, -0.1) is 0 Å². The molecule has 0 atom stereocenters. The fourth-order valence-electron chi connectivity index (χ4n) is 3.01. The van der Waals surface area contributed by atoms with Gasteiger partial charge in [0.15, 0.2) is 0 Å². The molecule has 3 aromatic rings. The quantitative estimate of drug-likeness (QED) is 0.672. The summed E-state index contributed by atoms with van der Waals surface area (Å²) in [7, 11) is 1.47. The largest absolute Gasteiger partial charge is 0.497 e. The third-order valence-electron chi connectivity index (χ3n) is 4.63. The van der Waals surface area contributed by atoms with Crippen LogP contribution < -0.4 is 15.4 Å². The fourth-order valence-corrected chi connectivity index (χ4v) is 3.01. The second-order valence-corrected chi connectivity index (χ2v) is 6.98. The van der Waals surface area contributed by atoms with E-state index in [-0.39, 0.29) is 11.4 Å². The Balaban J connectivity index is 1.91. The van der Waals surface area contributed by atoms with Crippen molar-refractivity contribution in [2.75, 3.05) is 17.7 Å². The lowest BCUT2D eigenvalue weighted by molar-refractivity contribution is 0.101. The maximum atomic E-state index is 12.8. The molecule has 0 radical (unpaired) electrons. The number of carbonyl (C=O) groups is 2. The molecule has 0 saturated heterocycles. The summed E-state index contributed by atoms with van der Waals surface area (Å²) < 4.78 is 5.27. The van der Waals surface area contributed by atoms with Crippen LogP contribution in [0.25, 0.3) is 0 Å². The van der Waals surface area contributed by atoms with Crippen molar-refractivity contribution in [2.24, 2.45) is 0 Å². The highest BCUT2D eigenvalue weighted by Gasteiger charge is 2.18. The van der Waals surface area contributed by atoms with E-state index < -0.39 is 11.8 Å². The molecule has 2 amide bonds. The molecule has 3 heterocycles. The minimum atomic E-state index is -0.448. The third-order valence-corrected chi connectivity index (χ3v) is 4.63. The molecule has 0 aliphatic carbocycles. The van der Waals surface area contributed by atoms with Crippen LogP contribution >= 0.6 is 0 Å². The zero-order valence-corrected chi connectivity index (χ0v) is 17.5. The summed E-state index contributed by atoms with van der Waals surface area (Å²) in [4.78, 5) is 38.1. The number of ether oxygens (including phenoxy) is 1. The summed E-state index contributed by atoms with van der Waals surface area (Å²) in [6.07, 6.45) is 6.67. The van der Waals surface area contributed by atoms with Crippen molar-refractivity contribution in [3.05, 3.63) is 70.6 Å². The first-order valence-electron chi connectivity index (χ1n) is 9.31. The lowest BCUT2D eigenvalue weighted by atomic mass is 10.1. The first kappa shape index (κ1) is 20.9. The Bertz CT molecular complexity index is 1000. The van der Waals surface area contributed by atoms with E-state index in [0.29, 0.717) is 17.1 Å². The SMILES string of the molecule is COc1cc(C(=O)Nc2c(C)cncc2C)nc(C(=O)Nc2c(C)cncc2C)c1. The molecule has 0 aromatic carbocycles. The van der Waals surface area contributed by atoms with Gasteiger partial charge in [0, 0.05) is 48.3 Å². The molecule has 3 rings (SSSR count). The van der Waals surface area contributed by atoms with Crippen molar-refractivity contribution in [2.45, 2.75) is 27.7 Å². The van der Waals surface area contributed by atoms with Gasteiger partial charge in [0.2, 0.25) is 0 Å². The minimum absolute atomic E-state index is 0.0679. The Morgan fingerprint density at radius 3 is 1.43 bits per heavy atom. The maximum absolute atomic E-state index is 12.8. The fraction of sp³-hybridized carbons (Fsp3) is 0.227. The Hall–Kier alpha value is -3.81. The Morgan fingerprint density at radius 2 is 1.10 bits per heavy atom. The van der Waals surface area contributed by atoms with Crippen LogP contribution in [0.3, 0.4) is 0 Å². The minimum Gasteiger partial charge on any atom is -0.497 e. The van der Waals surface area contributed by atoms with Crippen LogP contribution in [0.4, 0.5) is 11.4 Å². The number of carbonyl (C=O) groups excluding carboxylic acids is 2. The van der Waals surface area contributed by atoms with Crippen molar-refractivity contribution in [1.29, 1.82) is 0 Å². The van der Waals surface area contributed by atoms with Gasteiger partial charge in [0.1, 0.15) is 17.1 Å². The highest BCUT2D eigenvalue weighted by atomic mass is 16.5. The van der Waals surface area contributed by atoms with Crippen molar-refractivity contribution in [1.82, 2.24) is 15.0 Å². The van der Waals surface area contributed by atoms with Crippen LogP contribution in [0, 0.1) is 27.7 Å². The number of amides is 2. The van der Waals surface area contributed by atoms with E-state index in [1.54, 1.807) is 24.8 Å². The normalized spacial score (nSPS) is 10.4. The summed E-state index contributed by atoms with van der Waals surface area (Å²) in [5.41, 5.74) is 4.76. The molecule has 0 unspecified atom stereocenters. The number of aromatic nitrogens is 3. The number of pyridine rings is 3. The molecule has 2 N–H and O–H groups in total. The molecule has 8 nitrogen and oxygen atoms in total. The van der Waals surface area contributed by atoms with Gasteiger partial charge in [-0.1, -0.05) is 0 Å². The zero-order valence-electron chi connectivity index (χ0n) is 17.5. The van der Waals surface area contributed by atoms with Crippen molar-refractivity contribution in [3.63, 3.8) is 0 Å². The van der Waals surface area contributed by atoms with Crippen LogP contribution in [0.2, 0.25) is 0 Å². The average Bonchev–Trinajstić information content (AvgIpc) is 2.73. The number of rotatable bonds is 5. The molecule has 0 bridgehead atoms. The van der Waals surface area contributed by atoms with E-state index in [2.05, 4.69) is 25.6 Å². The second kappa shape index (κ2) is 8.69. The number of nitrogens with one attached hydrogen (secondary N) is 2. The lowest BCUT2D eigenvalue weighted by Crippen LogP contribution is -2.20. The highest BCUT2D eigenvalue weighted by Crippen LogP contribution is 2.22. The molecule has 0 spiro atoms. The molecule has 0 saturated carbocycles. The van der Waals surface area contributed by atoms with Gasteiger partial charge < -0.3 is 15.4 Å². The molecule has 0 fully saturated rings. The van der Waals surface area contributed by atoms with Gasteiger partial charge in [0.05, 0.1) is 7.11 Å². The van der Waals surface area contributed by atoms with Gasteiger partial charge in [-0.05, 0) is 49.9 Å². The standard InChI is InChI=1S/C22H23N5O3/c1-12-8-23-9-13(2)19(12)26-21(28)17-6-16(30-5)7-18(25-17)22(29)27-20-14(3)10-24-11-15(20)4/h6-11H,1-5H3,(H,23,26,28)(H,24,27,29). The predicted octanol–water partition coefficient (Wildman–Crippen LogP) is 3.62. The first-order valence-corrected chi connectivity index (χ1v) is 9.31. The van der Waals surface area contributed by atoms with Crippen molar-refractivity contribution >= 4 is 23.2 Å². The monoisotopic (exact) mass is 405 g/mol.